The average Bonchev–Trinajstić information content (AvgIpc) is 3.04. The fourth-order valence-corrected chi connectivity index (χ4v) is 1.94. The van der Waals surface area contributed by atoms with E-state index in [2.05, 4.69) is 15.3 Å². The number of nitrogens with zero attached hydrogens (tertiary/aromatic N) is 3. The SMILES string of the molecule is Oc1c(F)cccc1CNc1ccc(-n2ccnc2)nc1. The average molecular weight is 284 g/mol. The van der Waals surface area contributed by atoms with E-state index in [4.69, 9.17) is 0 Å². The highest BCUT2D eigenvalue weighted by Gasteiger charge is 2.06. The summed E-state index contributed by atoms with van der Waals surface area (Å²) in [6, 6.07) is 8.15. The zero-order valence-corrected chi connectivity index (χ0v) is 11.1. The predicted molar refractivity (Wildman–Crippen MR) is 76.8 cm³/mol. The monoisotopic (exact) mass is 284 g/mol. The van der Waals surface area contributed by atoms with E-state index < -0.39 is 5.82 Å². The molecule has 0 saturated heterocycles. The van der Waals surface area contributed by atoms with E-state index in [1.54, 1.807) is 41.6 Å². The number of phenols is 1. The molecule has 0 amide bonds. The van der Waals surface area contributed by atoms with Gasteiger partial charge in [0.1, 0.15) is 12.1 Å². The van der Waals surface area contributed by atoms with Gasteiger partial charge in [-0.3, -0.25) is 4.57 Å². The molecular formula is C15H13FN4O. The fourth-order valence-electron chi connectivity index (χ4n) is 1.94. The molecule has 0 atom stereocenters. The van der Waals surface area contributed by atoms with E-state index in [0.29, 0.717) is 12.1 Å². The summed E-state index contributed by atoms with van der Waals surface area (Å²) in [5.41, 5.74) is 1.27. The summed E-state index contributed by atoms with van der Waals surface area (Å²) in [6.07, 6.45) is 6.83. The number of aromatic hydroxyl groups is 1. The van der Waals surface area contributed by atoms with Crippen molar-refractivity contribution in [2.75, 3.05) is 5.32 Å². The summed E-state index contributed by atoms with van der Waals surface area (Å²) in [6.45, 7) is 0.315. The van der Waals surface area contributed by atoms with Crippen molar-refractivity contribution in [2.24, 2.45) is 0 Å². The lowest BCUT2D eigenvalue weighted by Gasteiger charge is -2.09. The highest BCUT2D eigenvalue weighted by atomic mass is 19.1. The van der Waals surface area contributed by atoms with Crippen LogP contribution in [0.1, 0.15) is 5.56 Å². The van der Waals surface area contributed by atoms with Crippen molar-refractivity contribution in [3.63, 3.8) is 0 Å². The van der Waals surface area contributed by atoms with Crippen molar-refractivity contribution in [3.05, 3.63) is 66.6 Å². The van der Waals surface area contributed by atoms with Crippen LogP contribution in [0.5, 0.6) is 5.75 Å². The third-order valence-corrected chi connectivity index (χ3v) is 3.07. The minimum Gasteiger partial charge on any atom is -0.505 e. The van der Waals surface area contributed by atoms with Gasteiger partial charge < -0.3 is 10.4 Å². The predicted octanol–water partition coefficient (Wildman–Crippen LogP) is 2.72. The topological polar surface area (TPSA) is 63.0 Å². The zero-order chi connectivity index (χ0) is 14.7. The van der Waals surface area contributed by atoms with E-state index in [1.807, 2.05) is 12.1 Å². The van der Waals surface area contributed by atoms with Gasteiger partial charge in [0.25, 0.3) is 0 Å². The summed E-state index contributed by atoms with van der Waals surface area (Å²) < 4.78 is 15.0. The molecule has 0 aliphatic carbocycles. The molecule has 0 radical (unpaired) electrons. The molecule has 2 aromatic heterocycles. The Morgan fingerprint density at radius 1 is 1.24 bits per heavy atom. The molecule has 2 heterocycles. The number of nitrogens with one attached hydrogen (secondary N) is 1. The van der Waals surface area contributed by atoms with Crippen molar-refractivity contribution in [3.8, 4) is 11.6 Å². The van der Waals surface area contributed by atoms with Gasteiger partial charge >= 0.3 is 0 Å². The van der Waals surface area contributed by atoms with Crippen LogP contribution in [0, 0.1) is 5.82 Å². The lowest BCUT2D eigenvalue weighted by molar-refractivity contribution is 0.427. The van der Waals surface area contributed by atoms with Crippen molar-refractivity contribution in [1.82, 2.24) is 14.5 Å². The third kappa shape index (κ3) is 2.84. The molecule has 0 spiro atoms. The summed E-state index contributed by atoms with van der Waals surface area (Å²) >= 11 is 0. The first-order chi connectivity index (χ1) is 10.2. The first-order valence-corrected chi connectivity index (χ1v) is 6.38. The van der Waals surface area contributed by atoms with Crippen LogP contribution in [0.3, 0.4) is 0 Å². The Hall–Kier alpha value is -2.89. The van der Waals surface area contributed by atoms with Crippen molar-refractivity contribution in [2.45, 2.75) is 6.54 Å². The van der Waals surface area contributed by atoms with Gasteiger partial charge in [-0.1, -0.05) is 12.1 Å². The maximum atomic E-state index is 13.2. The minimum atomic E-state index is -0.622. The van der Waals surface area contributed by atoms with E-state index in [9.17, 15) is 9.50 Å². The minimum absolute atomic E-state index is 0.315. The van der Waals surface area contributed by atoms with E-state index in [1.165, 1.54) is 6.07 Å². The van der Waals surface area contributed by atoms with Crippen LogP contribution >= 0.6 is 0 Å². The number of hydrogen-bond donors (Lipinski definition) is 2. The van der Waals surface area contributed by atoms with E-state index >= 15 is 0 Å². The van der Waals surface area contributed by atoms with Gasteiger partial charge in [0.15, 0.2) is 11.6 Å². The van der Waals surface area contributed by atoms with Crippen LogP contribution in [-0.4, -0.2) is 19.6 Å². The van der Waals surface area contributed by atoms with Gasteiger partial charge in [-0.2, -0.15) is 0 Å². The Balaban J connectivity index is 1.70. The lowest BCUT2D eigenvalue weighted by Crippen LogP contribution is -2.02. The number of aromatic nitrogens is 3. The van der Waals surface area contributed by atoms with Gasteiger partial charge in [0.05, 0.1) is 11.9 Å². The Kier molecular flexibility index (Phi) is 3.51. The number of pyridine rings is 1. The number of halogens is 1. The van der Waals surface area contributed by atoms with Crippen LogP contribution in [0.25, 0.3) is 5.82 Å². The summed E-state index contributed by atoms with van der Waals surface area (Å²) in [7, 11) is 0. The molecule has 0 bridgehead atoms. The number of para-hydroxylation sites is 1. The quantitative estimate of drug-likeness (QED) is 0.773. The maximum Gasteiger partial charge on any atom is 0.165 e. The number of rotatable bonds is 4. The number of imidazole rings is 1. The molecule has 5 nitrogen and oxygen atoms in total. The van der Waals surface area contributed by atoms with E-state index in [0.717, 1.165) is 11.5 Å². The molecule has 3 rings (SSSR count). The fraction of sp³-hybridized carbons (Fsp3) is 0.0667. The van der Waals surface area contributed by atoms with Crippen molar-refractivity contribution >= 4 is 5.69 Å². The number of benzene rings is 1. The normalized spacial score (nSPS) is 10.5. The number of phenolic OH excluding ortho intramolecular Hbond substituents is 1. The second kappa shape index (κ2) is 5.62. The smallest absolute Gasteiger partial charge is 0.165 e. The van der Waals surface area contributed by atoms with Crippen molar-refractivity contribution < 1.29 is 9.50 Å². The lowest BCUT2D eigenvalue weighted by atomic mass is 10.2. The third-order valence-electron chi connectivity index (χ3n) is 3.07. The first kappa shape index (κ1) is 13.1. The molecular weight excluding hydrogens is 271 g/mol. The summed E-state index contributed by atoms with van der Waals surface area (Å²) in [4.78, 5) is 8.26. The van der Waals surface area contributed by atoms with E-state index in [-0.39, 0.29) is 5.75 Å². The van der Waals surface area contributed by atoms with Crippen LogP contribution in [-0.2, 0) is 6.54 Å². The first-order valence-electron chi connectivity index (χ1n) is 6.38. The van der Waals surface area contributed by atoms with Gasteiger partial charge in [-0.15, -0.1) is 0 Å². The number of anilines is 1. The second-order valence-corrected chi connectivity index (χ2v) is 4.48. The molecule has 2 N–H and O–H groups in total. The zero-order valence-electron chi connectivity index (χ0n) is 11.1. The standard InChI is InChI=1S/C15H13FN4O/c16-13-3-1-2-11(15(13)21)8-18-12-4-5-14(19-9-12)20-7-6-17-10-20/h1-7,9-10,18,21H,8H2. The molecule has 0 unspecified atom stereocenters. The van der Waals surface area contributed by atoms with Crippen LogP contribution in [0.15, 0.2) is 55.2 Å². The Bertz CT molecular complexity index is 726. The van der Waals surface area contributed by atoms with Gasteiger partial charge in [-0.05, 0) is 18.2 Å². The van der Waals surface area contributed by atoms with Crippen LogP contribution in [0.2, 0.25) is 0 Å². The van der Waals surface area contributed by atoms with Crippen LogP contribution in [0.4, 0.5) is 10.1 Å². The van der Waals surface area contributed by atoms with Gasteiger partial charge in [-0.25, -0.2) is 14.4 Å². The highest BCUT2D eigenvalue weighted by molar-refractivity contribution is 5.45. The Labute approximate surface area is 120 Å². The van der Waals surface area contributed by atoms with Crippen LogP contribution < -0.4 is 5.32 Å². The molecule has 106 valence electrons. The van der Waals surface area contributed by atoms with Crippen molar-refractivity contribution in [1.29, 1.82) is 0 Å². The molecule has 0 fully saturated rings. The second-order valence-electron chi connectivity index (χ2n) is 4.48. The Morgan fingerprint density at radius 2 is 2.14 bits per heavy atom. The molecule has 0 saturated carbocycles. The maximum absolute atomic E-state index is 13.2. The highest BCUT2D eigenvalue weighted by Crippen LogP contribution is 2.21. The summed E-state index contributed by atoms with van der Waals surface area (Å²) in [5.74, 6) is -0.192. The molecule has 21 heavy (non-hydrogen) atoms. The number of hydrogen-bond acceptors (Lipinski definition) is 4. The van der Waals surface area contributed by atoms with Gasteiger partial charge in [0, 0.05) is 24.5 Å². The molecule has 6 heteroatoms. The Morgan fingerprint density at radius 3 is 2.86 bits per heavy atom. The molecule has 3 aromatic rings. The molecule has 0 aliphatic heterocycles. The molecule has 0 aliphatic rings. The van der Waals surface area contributed by atoms with Gasteiger partial charge in [0.2, 0.25) is 0 Å². The largest absolute Gasteiger partial charge is 0.505 e. The summed E-state index contributed by atoms with van der Waals surface area (Å²) in [5, 5.41) is 12.7. The molecule has 1 aromatic carbocycles.